The van der Waals surface area contributed by atoms with Gasteiger partial charge in [0.1, 0.15) is 0 Å². The fraction of sp³-hybridized carbons (Fsp3) is 0.0741. The van der Waals surface area contributed by atoms with Crippen molar-refractivity contribution in [2.24, 2.45) is 0 Å². The number of fused-ring (bicyclic) bond motifs is 4. The molecule has 4 nitrogen and oxygen atoms in total. The highest BCUT2D eigenvalue weighted by atomic mass is 19.4. The summed E-state index contributed by atoms with van der Waals surface area (Å²) < 4.78 is 42.4. The normalized spacial score (nSPS) is 15.9. The first-order chi connectivity index (χ1) is 16.4. The number of hydrogen-bond acceptors (Lipinski definition) is 2. The van der Waals surface area contributed by atoms with Gasteiger partial charge in [-0.25, -0.2) is 0 Å². The number of alkyl halides is 3. The summed E-state index contributed by atoms with van der Waals surface area (Å²) in [7, 11) is 0. The van der Waals surface area contributed by atoms with Gasteiger partial charge in [0.15, 0.2) is 6.23 Å². The second kappa shape index (κ2) is 7.20. The lowest BCUT2D eigenvalue weighted by Gasteiger charge is -2.20. The molecule has 1 aromatic heterocycles. The SMILES string of the molecule is O=C1c2c(cccc2-n2c3ccccc3c3ccc(C(F)(F)F)cc32)C(O)N1c1ccccc1. The molecular weight excluding hydrogens is 441 g/mol. The van der Waals surface area contributed by atoms with Gasteiger partial charge in [-0.1, -0.05) is 54.6 Å². The lowest BCUT2D eigenvalue weighted by molar-refractivity contribution is -0.137. The smallest absolute Gasteiger partial charge is 0.369 e. The average molecular weight is 458 g/mol. The van der Waals surface area contributed by atoms with Crippen molar-refractivity contribution in [1.29, 1.82) is 0 Å². The molecule has 0 saturated carbocycles. The van der Waals surface area contributed by atoms with Crippen molar-refractivity contribution in [3.8, 4) is 5.69 Å². The van der Waals surface area contributed by atoms with Crippen molar-refractivity contribution >= 4 is 33.4 Å². The minimum atomic E-state index is -4.51. The van der Waals surface area contributed by atoms with Gasteiger partial charge in [0.25, 0.3) is 5.91 Å². The Hall–Kier alpha value is -4.10. The molecule has 6 rings (SSSR count). The lowest BCUT2D eigenvalue weighted by Crippen LogP contribution is -2.27. The highest BCUT2D eigenvalue weighted by Gasteiger charge is 2.39. The summed E-state index contributed by atoms with van der Waals surface area (Å²) in [6.45, 7) is 0. The Morgan fingerprint density at radius 1 is 0.765 bits per heavy atom. The number of halogens is 3. The van der Waals surface area contributed by atoms with Crippen LogP contribution in [0, 0.1) is 0 Å². The first kappa shape index (κ1) is 20.5. The number of para-hydroxylation sites is 2. The van der Waals surface area contributed by atoms with Crippen LogP contribution in [-0.4, -0.2) is 15.6 Å². The standard InChI is InChI=1S/C27H17F3N2O2/c28-27(29,30)16-13-14-19-18-9-4-5-11-21(18)32(23(19)15-16)22-12-6-10-20-24(22)26(34)31(25(20)33)17-7-2-1-3-8-17/h1-15,25,33H. The number of carbonyl (C=O) groups is 1. The van der Waals surface area contributed by atoms with Gasteiger partial charge >= 0.3 is 6.18 Å². The third-order valence-corrected chi connectivity index (χ3v) is 6.31. The number of benzene rings is 4. The second-order valence-electron chi connectivity index (χ2n) is 8.21. The van der Waals surface area contributed by atoms with Crippen LogP contribution < -0.4 is 4.90 Å². The third kappa shape index (κ3) is 2.87. The zero-order chi connectivity index (χ0) is 23.6. The molecular formula is C27H17F3N2O2. The minimum Gasteiger partial charge on any atom is -0.369 e. The number of nitrogens with zero attached hydrogens (tertiary/aromatic N) is 2. The molecule has 4 aromatic carbocycles. The number of aromatic nitrogens is 1. The van der Waals surface area contributed by atoms with Crippen molar-refractivity contribution in [2.45, 2.75) is 12.4 Å². The molecule has 1 amide bonds. The average Bonchev–Trinajstić information content (AvgIpc) is 3.30. The molecule has 0 saturated heterocycles. The minimum absolute atomic E-state index is 0.263. The predicted molar refractivity (Wildman–Crippen MR) is 124 cm³/mol. The molecule has 7 heteroatoms. The van der Waals surface area contributed by atoms with Gasteiger partial charge in [0, 0.05) is 22.0 Å². The van der Waals surface area contributed by atoms with Crippen molar-refractivity contribution < 1.29 is 23.1 Å². The summed E-state index contributed by atoms with van der Waals surface area (Å²) in [6, 6.07) is 24.8. The summed E-state index contributed by atoms with van der Waals surface area (Å²) in [5.41, 5.74) is 1.86. The summed E-state index contributed by atoms with van der Waals surface area (Å²) in [5.74, 6) is -0.415. The van der Waals surface area contributed by atoms with Crippen LogP contribution in [0.1, 0.15) is 27.7 Å². The Bertz CT molecular complexity index is 1590. The zero-order valence-electron chi connectivity index (χ0n) is 17.6. The molecule has 2 heterocycles. The van der Waals surface area contributed by atoms with E-state index in [1.807, 2.05) is 24.3 Å². The van der Waals surface area contributed by atoms with E-state index in [1.54, 1.807) is 53.1 Å². The summed E-state index contributed by atoms with van der Waals surface area (Å²) >= 11 is 0. The number of carbonyl (C=O) groups excluding carboxylic acids is 1. The Kier molecular flexibility index (Phi) is 4.34. The Morgan fingerprint density at radius 2 is 1.47 bits per heavy atom. The number of anilines is 1. The van der Waals surface area contributed by atoms with Crippen LogP contribution in [-0.2, 0) is 6.18 Å². The van der Waals surface area contributed by atoms with E-state index < -0.39 is 23.9 Å². The molecule has 1 unspecified atom stereocenters. The molecule has 1 aliphatic heterocycles. The monoisotopic (exact) mass is 458 g/mol. The van der Waals surface area contributed by atoms with Gasteiger partial charge in [0.2, 0.25) is 0 Å². The van der Waals surface area contributed by atoms with E-state index in [9.17, 15) is 23.1 Å². The number of aliphatic hydroxyl groups is 1. The maximum absolute atomic E-state index is 13.6. The predicted octanol–water partition coefficient (Wildman–Crippen LogP) is 6.45. The number of rotatable bonds is 2. The van der Waals surface area contributed by atoms with Crippen LogP contribution in [0.2, 0.25) is 0 Å². The molecule has 0 aliphatic carbocycles. The molecule has 0 bridgehead atoms. The van der Waals surface area contributed by atoms with Gasteiger partial charge < -0.3 is 9.67 Å². The van der Waals surface area contributed by atoms with Gasteiger partial charge in [-0.2, -0.15) is 13.2 Å². The molecule has 0 fully saturated rings. The summed E-state index contributed by atoms with van der Waals surface area (Å²) in [5, 5.41) is 12.4. The van der Waals surface area contributed by atoms with Crippen LogP contribution in [0.3, 0.4) is 0 Å². The third-order valence-electron chi connectivity index (χ3n) is 6.31. The van der Waals surface area contributed by atoms with Crippen LogP contribution in [0.25, 0.3) is 27.5 Å². The van der Waals surface area contributed by atoms with Gasteiger partial charge in [-0.15, -0.1) is 0 Å². The van der Waals surface area contributed by atoms with E-state index in [0.717, 1.165) is 17.5 Å². The first-order valence-electron chi connectivity index (χ1n) is 10.7. The molecule has 34 heavy (non-hydrogen) atoms. The van der Waals surface area contributed by atoms with Crippen molar-refractivity contribution in [3.63, 3.8) is 0 Å². The van der Waals surface area contributed by atoms with E-state index >= 15 is 0 Å². The molecule has 1 aliphatic rings. The molecule has 1 atom stereocenters. The van der Waals surface area contributed by atoms with Crippen LogP contribution in [0.5, 0.6) is 0 Å². The van der Waals surface area contributed by atoms with E-state index in [2.05, 4.69) is 0 Å². The topological polar surface area (TPSA) is 45.5 Å². The molecule has 168 valence electrons. The Balaban J connectivity index is 1.66. The molecule has 0 spiro atoms. The van der Waals surface area contributed by atoms with Crippen molar-refractivity contribution in [3.05, 3.63) is 108 Å². The van der Waals surface area contributed by atoms with Gasteiger partial charge in [0.05, 0.1) is 27.8 Å². The maximum Gasteiger partial charge on any atom is 0.416 e. The summed E-state index contributed by atoms with van der Waals surface area (Å²) in [6.07, 6.45) is -5.71. The maximum atomic E-state index is 13.6. The largest absolute Gasteiger partial charge is 0.416 e. The van der Waals surface area contributed by atoms with E-state index in [1.165, 1.54) is 11.0 Å². The Labute approximate surface area is 192 Å². The number of amides is 1. The van der Waals surface area contributed by atoms with Crippen molar-refractivity contribution in [1.82, 2.24) is 4.57 Å². The number of hydrogen-bond donors (Lipinski definition) is 1. The molecule has 5 aromatic rings. The lowest BCUT2D eigenvalue weighted by atomic mass is 10.1. The van der Waals surface area contributed by atoms with E-state index in [-0.39, 0.29) is 5.56 Å². The fourth-order valence-corrected chi connectivity index (χ4v) is 4.82. The van der Waals surface area contributed by atoms with Crippen LogP contribution in [0.4, 0.5) is 18.9 Å². The van der Waals surface area contributed by atoms with Crippen LogP contribution in [0.15, 0.2) is 91.0 Å². The fourth-order valence-electron chi connectivity index (χ4n) is 4.82. The van der Waals surface area contributed by atoms with E-state index in [4.69, 9.17) is 0 Å². The highest BCUT2D eigenvalue weighted by Crippen LogP contribution is 2.42. The van der Waals surface area contributed by atoms with Gasteiger partial charge in [-0.05, 0) is 36.4 Å². The molecule has 1 N–H and O–H groups in total. The summed E-state index contributed by atoms with van der Waals surface area (Å²) in [4.78, 5) is 14.9. The van der Waals surface area contributed by atoms with Gasteiger partial charge in [-0.3, -0.25) is 9.69 Å². The van der Waals surface area contributed by atoms with Crippen LogP contribution >= 0.6 is 0 Å². The molecule has 0 radical (unpaired) electrons. The zero-order valence-corrected chi connectivity index (χ0v) is 17.6. The van der Waals surface area contributed by atoms with Crippen molar-refractivity contribution in [2.75, 3.05) is 4.90 Å². The first-order valence-corrected chi connectivity index (χ1v) is 10.7. The highest BCUT2D eigenvalue weighted by molar-refractivity contribution is 6.15. The number of aliphatic hydroxyl groups excluding tert-OH is 1. The quantitative estimate of drug-likeness (QED) is 0.330. The second-order valence-corrected chi connectivity index (χ2v) is 8.21. The van der Waals surface area contributed by atoms with E-state index in [0.29, 0.717) is 33.4 Å². The Morgan fingerprint density at radius 3 is 2.24 bits per heavy atom.